The summed E-state index contributed by atoms with van der Waals surface area (Å²) >= 11 is 3.49. The predicted molar refractivity (Wildman–Crippen MR) is 78.5 cm³/mol. The van der Waals surface area contributed by atoms with E-state index in [0.29, 0.717) is 0 Å². The molecule has 1 saturated carbocycles. The largest absolute Gasteiger partial charge is 0.488 e. The quantitative estimate of drug-likeness (QED) is 0.897. The normalized spacial score (nSPS) is 29.9. The van der Waals surface area contributed by atoms with Crippen molar-refractivity contribution in [2.75, 3.05) is 6.54 Å². The van der Waals surface area contributed by atoms with Crippen LogP contribution in [0.1, 0.15) is 31.2 Å². The van der Waals surface area contributed by atoms with Crippen LogP contribution < -0.4 is 10.1 Å². The molecule has 1 aliphatic carbocycles. The van der Waals surface area contributed by atoms with Crippen molar-refractivity contribution >= 4 is 15.9 Å². The maximum absolute atomic E-state index is 9.94. The van der Waals surface area contributed by atoms with Gasteiger partial charge in [0.05, 0.1) is 6.10 Å². The van der Waals surface area contributed by atoms with Crippen LogP contribution in [0.4, 0.5) is 0 Å². The molecule has 0 spiro atoms. The molecule has 3 rings (SSSR count). The lowest BCUT2D eigenvalue weighted by Crippen LogP contribution is -2.45. The third-order valence-corrected chi connectivity index (χ3v) is 4.59. The molecule has 3 atom stereocenters. The van der Waals surface area contributed by atoms with Gasteiger partial charge in [-0.2, -0.15) is 0 Å². The summed E-state index contributed by atoms with van der Waals surface area (Å²) in [6.45, 7) is 0.814. The van der Waals surface area contributed by atoms with Crippen molar-refractivity contribution in [2.45, 2.75) is 50.4 Å². The topological polar surface area (TPSA) is 41.5 Å². The zero-order valence-electron chi connectivity index (χ0n) is 10.9. The number of aliphatic hydroxyl groups excluding tert-OH is 1. The van der Waals surface area contributed by atoms with Crippen molar-refractivity contribution in [3.63, 3.8) is 0 Å². The van der Waals surface area contributed by atoms with Gasteiger partial charge in [-0.3, -0.25) is 0 Å². The summed E-state index contributed by atoms with van der Waals surface area (Å²) in [6.07, 6.45) is 5.32. The molecule has 2 aliphatic rings. The smallest absolute Gasteiger partial charge is 0.123 e. The minimum Gasteiger partial charge on any atom is -0.488 e. The lowest BCUT2D eigenvalue weighted by atomic mass is 9.92. The number of fused-ring (bicyclic) bond motifs is 1. The molecule has 19 heavy (non-hydrogen) atoms. The van der Waals surface area contributed by atoms with Crippen LogP contribution in [0.5, 0.6) is 5.75 Å². The highest BCUT2D eigenvalue weighted by molar-refractivity contribution is 9.10. The molecule has 1 fully saturated rings. The average Bonchev–Trinajstić information content (AvgIpc) is 2.79. The second-order valence-electron chi connectivity index (χ2n) is 5.56. The summed E-state index contributed by atoms with van der Waals surface area (Å²) < 4.78 is 7.03. The van der Waals surface area contributed by atoms with Gasteiger partial charge in [-0.25, -0.2) is 0 Å². The van der Waals surface area contributed by atoms with E-state index in [1.807, 2.05) is 12.1 Å². The number of benzene rings is 1. The Morgan fingerprint density at radius 3 is 3.00 bits per heavy atom. The van der Waals surface area contributed by atoms with E-state index in [1.165, 1.54) is 12.0 Å². The summed E-state index contributed by atoms with van der Waals surface area (Å²) in [4.78, 5) is 0. The highest BCUT2D eigenvalue weighted by Gasteiger charge is 2.26. The lowest BCUT2D eigenvalue weighted by molar-refractivity contribution is 0.0846. The molecule has 0 aromatic heterocycles. The number of hydrogen-bond donors (Lipinski definition) is 2. The van der Waals surface area contributed by atoms with Crippen LogP contribution in [0, 0.1) is 0 Å². The molecule has 1 heterocycles. The Balaban J connectivity index is 1.53. The van der Waals surface area contributed by atoms with Crippen molar-refractivity contribution in [1.29, 1.82) is 0 Å². The summed E-state index contributed by atoms with van der Waals surface area (Å²) in [5, 5.41) is 13.4. The van der Waals surface area contributed by atoms with Crippen LogP contribution in [-0.4, -0.2) is 29.9 Å². The maximum atomic E-state index is 9.94. The number of halogens is 1. The maximum Gasteiger partial charge on any atom is 0.123 e. The van der Waals surface area contributed by atoms with Gasteiger partial charge >= 0.3 is 0 Å². The van der Waals surface area contributed by atoms with Crippen molar-refractivity contribution in [3.05, 3.63) is 28.2 Å². The molecular formula is C15H20BrNO2. The molecule has 104 valence electrons. The zero-order valence-corrected chi connectivity index (χ0v) is 12.5. The minimum absolute atomic E-state index is 0.188. The van der Waals surface area contributed by atoms with Crippen molar-refractivity contribution in [3.8, 4) is 5.75 Å². The Morgan fingerprint density at radius 1 is 1.32 bits per heavy atom. The number of rotatable bonds is 3. The van der Waals surface area contributed by atoms with E-state index in [9.17, 15) is 5.11 Å². The second kappa shape index (κ2) is 5.81. The van der Waals surface area contributed by atoms with Crippen molar-refractivity contribution < 1.29 is 9.84 Å². The van der Waals surface area contributed by atoms with Gasteiger partial charge in [-0.05, 0) is 36.6 Å². The number of aliphatic hydroxyl groups is 1. The molecule has 4 heteroatoms. The fourth-order valence-electron chi connectivity index (χ4n) is 3.04. The molecule has 1 aliphatic heterocycles. The van der Waals surface area contributed by atoms with Crippen molar-refractivity contribution in [1.82, 2.24) is 5.32 Å². The number of ether oxygens (including phenoxy) is 1. The van der Waals surface area contributed by atoms with E-state index in [-0.39, 0.29) is 18.2 Å². The predicted octanol–water partition coefficient (Wildman–Crippen LogP) is 2.65. The van der Waals surface area contributed by atoms with Gasteiger partial charge in [-0.15, -0.1) is 0 Å². The average molecular weight is 326 g/mol. The van der Waals surface area contributed by atoms with Gasteiger partial charge in [0, 0.05) is 23.5 Å². The first kappa shape index (κ1) is 13.4. The Bertz CT molecular complexity index is 452. The van der Waals surface area contributed by atoms with Gasteiger partial charge in [-0.1, -0.05) is 28.8 Å². The van der Waals surface area contributed by atoms with E-state index < -0.39 is 0 Å². The highest BCUT2D eigenvalue weighted by atomic mass is 79.9. The van der Waals surface area contributed by atoms with E-state index in [2.05, 4.69) is 27.3 Å². The van der Waals surface area contributed by atoms with Gasteiger partial charge in [0.2, 0.25) is 0 Å². The lowest BCUT2D eigenvalue weighted by Gasteiger charge is -2.29. The molecule has 2 N–H and O–H groups in total. The number of hydrogen-bond acceptors (Lipinski definition) is 3. The van der Waals surface area contributed by atoms with Gasteiger partial charge in [0.1, 0.15) is 11.9 Å². The summed E-state index contributed by atoms with van der Waals surface area (Å²) in [7, 11) is 0. The Morgan fingerprint density at radius 2 is 2.16 bits per heavy atom. The summed E-state index contributed by atoms with van der Waals surface area (Å²) in [5.41, 5.74) is 1.27. The van der Waals surface area contributed by atoms with E-state index >= 15 is 0 Å². The van der Waals surface area contributed by atoms with E-state index in [0.717, 1.165) is 42.5 Å². The van der Waals surface area contributed by atoms with Crippen LogP contribution >= 0.6 is 15.9 Å². The molecule has 1 aromatic rings. The first-order valence-corrected chi connectivity index (χ1v) is 7.88. The third-order valence-electron chi connectivity index (χ3n) is 4.10. The molecule has 3 nitrogen and oxygen atoms in total. The van der Waals surface area contributed by atoms with Crippen LogP contribution in [0.15, 0.2) is 22.7 Å². The molecule has 0 saturated heterocycles. The molecule has 0 amide bonds. The first-order valence-electron chi connectivity index (χ1n) is 7.09. The molecule has 3 unspecified atom stereocenters. The standard InChI is InChI=1S/C15H20BrNO2/c16-11-5-6-15-10(7-11)8-12(19-15)9-17-13-3-1-2-4-14(13)18/h5-7,12-14,17-18H,1-4,8-9H2. The number of nitrogens with one attached hydrogen (secondary N) is 1. The van der Waals surface area contributed by atoms with Crippen LogP contribution in [0.25, 0.3) is 0 Å². The SMILES string of the molecule is OC1CCCCC1NCC1Cc2cc(Br)ccc2O1. The van der Waals surface area contributed by atoms with E-state index in [1.54, 1.807) is 0 Å². The fourth-order valence-corrected chi connectivity index (χ4v) is 3.44. The Kier molecular flexibility index (Phi) is 4.10. The second-order valence-corrected chi connectivity index (χ2v) is 6.48. The van der Waals surface area contributed by atoms with E-state index in [4.69, 9.17) is 4.74 Å². The molecule has 0 bridgehead atoms. The molecule has 1 aromatic carbocycles. The monoisotopic (exact) mass is 325 g/mol. The summed E-state index contributed by atoms with van der Waals surface area (Å²) in [5.74, 6) is 0.999. The molecular weight excluding hydrogens is 306 g/mol. The molecule has 0 radical (unpaired) electrons. The third kappa shape index (κ3) is 3.12. The minimum atomic E-state index is -0.188. The first-order chi connectivity index (χ1) is 9.22. The van der Waals surface area contributed by atoms with Crippen LogP contribution in [-0.2, 0) is 6.42 Å². The van der Waals surface area contributed by atoms with Crippen molar-refractivity contribution in [2.24, 2.45) is 0 Å². The van der Waals surface area contributed by atoms with Gasteiger partial charge in [0.15, 0.2) is 0 Å². The van der Waals surface area contributed by atoms with Crippen LogP contribution in [0.2, 0.25) is 0 Å². The highest BCUT2D eigenvalue weighted by Crippen LogP contribution is 2.31. The Hall–Kier alpha value is -0.580. The zero-order chi connectivity index (χ0) is 13.2. The Labute approximate surface area is 122 Å². The summed E-state index contributed by atoms with van der Waals surface area (Å²) in [6, 6.07) is 6.41. The fraction of sp³-hybridized carbons (Fsp3) is 0.600. The van der Waals surface area contributed by atoms with Gasteiger partial charge < -0.3 is 15.2 Å². The van der Waals surface area contributed by atoms with Gasteiger partial charge in [0.25, 0.3) is 0 Å². The van der Waals surface area contributed by atoms with Crippen LogP contribution in [0.3, 0.4) is 0 Å².